The number of rotatable bonds is 1. The lowest BCUT2D eigenvalue weighted by atomic mass is 9.98. The summed E-state index contributed by atoms with van der Waals surface area (Å²) in [6.45, 7) is 4.42. The lowest BCUT2D eigenvalue weighted by Gasteiger charge is -2.08. The first-order valence-corrected chi connectivity index (χ1v) is 4.62. The van der Waals surface area contributed by atoms with Crippen molar-refractivity contribution in [2.24, 2.45) is 0 Å². The lowest BCUT2D eigenvalue weighted by molar-refractivity contribution is 0.876. The van der Waals surface area contributed by atoms with Crippen molar-refractivity contribution >= 4 is 10.9 Å². The average Bonchev–Trinajstić information content (AvgIpc) is 2.17. The molecule has 0 saturated carbocycles. The molecule has 0 amide bonds. The third-order valence-corrected chi connectivity index (χ3v) is 2.30. The summed E-state index contributed by atoms with van der Waals surface area (Å²) >= 11 is 0. The molecule has 0 spiro atoms. The van der Waals surface area contributed by atoms with E-state index in [4.69, 9.17) is 0 Å². The van der Waals surface area contributed by atoms with E-state index in [1.54, 1.807) is 0 Å². The third kappa shape index (κ3) is 1.77. The molecular weight excluding hydrogens is 170 g/mol. The van der Waals surface area contributed by atoms with Gasteiger partial charge in [0.1, 0.15) is 0 Å². The van der Waals surface area contributed by atoms with Crippen molar-refractivity contribution in [2.75, 3.05) is 0 Å². The molecular formula is C13H17N. The number of aromatic nitrogens is 1. The molecule has 0 unspecified atom stereocenters. The maximum absolute atomic E-state index is 4.32. The fraction of sp³-hybridized carbons (Fsp3) is 0.308. The van der Waals surface area contributed by atoms with Gasteiger partial charge in [-0.15, -0.1) is 0 Å². The predicted octanol–water partition coefficient (Wildman–Crippen LogP) is 3.99. The van der Waals surface area contributed by atoms with Crippen LogP contribution in [0.3, 0.4) is 0 Å². The molecule has 14 heavy (non-hydrogen) atoms. The zero-order chi connectivity index (χ0) is 9.26. The van der Waals surface area contributed by atoms with Crippen LogP contribution in [0.15, 0.2) is 36.5 Å². The van der Waals surface area contributed by atoms with Crippen LogP contribution in [-0.2, 0) is 0 Å². The number of nitrogens with zero attached hydrogens (tertiary/aromatic N) is 1. The Kier molecular flexibility index (Phi) is 3.23. The SMILES string of the molecule is C.CC(C)c1cccc2ncccc12. The standard InChI is InChI=1S/C12H13N.CH4/c1-9(2)10-5-3-7-12-11(10)6-4-8-13-12;/h3-9H,1-2H3;1H4. The quantitative estimate of drug-likeness (QED) is 0.657. The summed E-state index contributed by atoms with van der Waals surface area (Å²) in [7, 11) is 0. The average molecular weight is 187 g/mol. The monoisotopic (exact) mass is 187 g/mol. The van der Waals surface area contributed by atoms with Gasteiger partial charge in [-0.25, -0.2) is 0 Å². The van der Waals surface area contributed by atoms with E-state index in [0.717, 1.165) is 5.52 Å². The van der Waals surface area contributed by atoms with Crippen molar-refractivity contribution in [1.29, 1.82) is 0 Å². The van der Waals surface area contributed by atoms with E-state index in [1.807, 2.05) is 12.3 Å². The zero-order valence-electron chi connectivity index (χ0n) is 7.99. The summed E-state index contributed by atoms with van der Waals surface area (Å²) in [6, 6.07) is 10.4. The highest BCUT2D eigenvalue weighted by Gasteiger charge is 2.03. The molecule has 0 fully saturated rings. The van der Waals surface area contributed by atoms with E-state index in [0.29, 0.717) is 5.92 Å². The molecule has 2 aromatic rings. The van der Waals surface area contributed by atoms with Gasteiger partial charge in [0.25, 0.3) is 0 Å². The molecule has 74 valence electrons. The van der Waals surface area contributed by atoms with Crippen LogP contribution in [0.1, 0.15) is 32.8 Å². The molecule has 1 heterocycles. The van der Waals surface area contributed by atoms with Gasteiger partial charge in [-0.1, -0.05) is 39.5 Å². The van der Waals surface area contributed by atoms with Gasteiger partial charge in [0.2, 0.25) is 0 Å². The Morgan fingerprint density at radius 3 is 2.57 bits per heavy atom. The van der Waals surface area contributed by atoms with E-state index < -0.39 is 0 Å². The van der Waals surface area contributed by atoms with Gasteiger partial charge in [-0.3, -0.25) is 4.98 Å². The van der Waals surface area contributed by atoms with Crippen LogP contribution in [0.5, 0.6) is 0 Å². The molecule has 0 aliphatic carbocycles. The number of hydrogen-bond donors (Lipinski definition) is 0. The second kappa shape index (κ2) is 4.23. The second-order valence-corrected chi connectivity index (χ2v) is 3.57. The highest BCUT2D eigenvalue weighted by Crippen LogP contribution is 2.23. The molecule has 0 atom stereocenters. The van der Waals surface area contributed by atoms with E-state index in [-0.39, 0.29) is 7.43 Å². The van der Waals surface area contributed by atoms with Gasteiger partial charge in [0.15, 0.2) is 0 Å². The Hall–Kier alpha value is -1.37. The van der Waals surface area contributed by atoms with Crippen LogP contribution in [0, 0.1) is 0 Å². The van der Waals surface area contributed by atoms with Crippen molar-refractivity contribution in [1.82, 2.24) is 4.98 Å². The minimum absolute atomic E-state index is 0. The van der Waals surface area contributed by atoms with Crippen LogP contribution < -0.4 is 0 Å². The Labute approximate surface area is 85.8 Å². The number of fused-ring (bicyclic) bond motifs is 1. The Balaban J connectivity index is 0.000000980. The summed E-state index contributed by atoms with van der Waals surface area (Å²) in [6.07, 6.45) is 1.84. The highest BCUT2D eigenvalue weighted by atomic mass is 14.6. The topological polar surface area (TPSA) is 12.9 Å². The number of pyridine rings is 1. The van der Waals surface area contributed by atoms with E-state index in [1.165, 1.54) is 10.9 Å². The Morgan fingerprint density at radius 1 is 1.07 bits per heavy atom. The van der Waals surface area contributed by atoms with Gasteiger partial charge in [0, 0.05) is 11.6 Å². The van der Waals surface area contributed by atoms with Crippen molar-refractivity contribution in [3.8, 4) is 0 Å². The molecule has 1 nitrogen and oxygen atoms in total. The number of hydrogen-bond acceptors (Lipinski definition) is 1. The molecule has 0 aliphatic heterocycles. The first-order valence-electron chi connectivity index (χ1n) is 4.62. The molecule has 0 saturated heterocycles. The van der Waals surface area contributed by atoms with Gasteiger partial charge in [0.05, 0.1) is 5.52 Å². The minimum atomic E-state index is 0. The fourth-order valence-electron chi connectivity index (χ4n) is 1.63. The molecule has 0 aliphatic rings. The smallest absolute Gasteiger partial charge is 0.0704 e. The van der Waals surface area contributed by atoms with Crippen LogP contribution in [-0.4, -0.2) is 4.98 Å². The second-order valence-electron chi connectivity index (χ2n) is 3.57. The van der Waals surface area contributed by atoms with E-state index in [2.05, 4.69) is 43.1 Å². The van der Waals surface area contributed by atoms with Gasteiger partial charge >= 0.3 is 0 Å². The molecule has 1 heteroatoms. The van der Waals surface area contributed by atoms with E-state index in [9.17, 15) is 0 Å². The zero-order valence-corrected chi connectivity index (χ0v) is 7.99. The lowest BCUT2D eigenvalue weighted by Crippen LogP contribution is -1.89. The van der Waals surface area contributed by atoms with Crippen LogP contribution in [0.2, 0.25) is 0 Å². The van der Waals surface area contributed by atoms with Crippen molar-refractivity contribution in [2.45, 2.75) is 27.2 Å². The van der Waals surface area contributed by atoms with Crippen molar-refractivity contribution in [3.05, 3.63) is 42.1 Å². The van der Waals surface area contributed by atoms with Gasteiger partial charge in [-0.05, 0) is 23.6 Å². The molecule has 0 bridgehead atoms. The molecule has 2 rings (SSSR count). The summed E-state index contributed by atoms with van der Waals surface area (Å²) in [5.41, 5.74) is 2.47. The first kappa shape index (κ1) is 10.7. The van der Waals surface area contributed by atoms with Gasteiger partial charge in [-0.2, -0.15) is 0 Å². The van der Waals surface area contributed by atoms with E-state index >= 15 is 0 Å². The number of benzene rings is 1. The summed E-state index contributed by atoms with van der Waals surface area (Å²) in [5.74, 6) is 0.563. The van der Waals surface area contributed by atoms with Crippen LogP contribution in [0.4, 0.5) is 0 Å². The summed E-state index contributed by atoms with van der Waals surface area (Å²) in [4.78, 5) is 4.32. The summed E-state index contributed by atoms with van der Waals surface area (Å²) in [5, 5.41) is 1.28. The maximum Gasteiger partial charge on any atom is 0.0704 e. The van der Waals surface area contributed by atoms with Crippen LogP contribution in [0.25, 0.3) is 10.9 Å². The Bertz CT molecular complexity index is 413. The fourth-order valence-corrected chi connectivity index (χ4v) is 1.63. The van der Waals surface area contributed by atoms with Crippen molar-refractivity contribution < 1.29 is 0 Å². The molecule has 1 aromatic carbocycles. The normalized spacial score (nSPS) is 10.2. The molecule has 0 radical (unpaired) electrons. The van der Waals surface area contributed by atoms with Crippen LogP contribution >= 0.6 is 0 Å². The maximum atomic E-state index is 4.32. The molecule has 1 aromatic heterocycles. The van der Waals surface area contributed by atoms with Crippen molar-refractivity contribution in [3.63, 3.8) is 0 Å². The minimum Gasteiger partial charge on any atom is -0.256 e. The predicted molar refractivity (Wildman–Crippen MR) is 62.6 cm³/mol. The van der Waals surface area contributed by atoms with Gasteiger partial charge < -0.3 is 0 Å². The third-order valence-electron chi connectivity index (χ3n) is 2.30. The Morgan fingerprint density at radius 2 is 1.86 bits per heavy atom. The molecule has 0 N–H and O–H groups in total. The largest absolute Gasteiger partial charge is 0.256 e. The highest BCUT2D eigenvalue weighted by molar-refractivity contribution is 5.82. The summed E-state index contributed by atoms with van der Waals surface area (Å²) < 4.78 is 0. The first-order chi connectivity index (χ1) is 6.29.